The third kappa shape index (κ3) is 4.09. The Kier molecular flexibility index (Phi) is 6.62. The number of nitrogens with zero attached hydrogens (tertiary/aromatic N) is 1. The minimum atomic E-state index is -4.91. The first-order chi connectivity index (χ1) is 15.2. The number of para-hydroxylation sites is 1. The minimum Gasteiger partial charge on any atom is -0.463 e. The van der Waals surface area contributed by atoms with Crippen LogP contribution in [0.25, 0.3) is 0 Å². The van der Waals surface area contributed by atoms with Crippen molar-refractivity contribution < 1.29 is 27.5 Å². The molecule has 0 bridgehead atoms. The van der Waals surface area contributed by atoms with Gasteiger partial charge in [0.15, 0.2) is 5.54 Å². The van der Waals surface area contributed by atoms with Crippen molar-refractivity contribution in [2.45, 2.75) is 37.9 Å². The molecule has 0 aromatic heterocycles. The summed E-state index contributed by atoms with van der Waals surface area (Å²) in [4.78, 5) is 27.0. The molecule has 0 spiro atoms. The second-order valence-corrected chi connectivity index (χ2v) is 7.49. The molecular formula is C24H25F3N2O3. The Labute approximate surface area is 184 Å². The predicted octanol–water partition coefficient (Wildman–Crippen LogP) is 4.65. The van der Waals surface area contributed by atoms with Gasteiger partial charge in [0.05, 0.1) is 12.7 Å². The van der Waals surface area contributed by atoms with Crippen LogP contribution in [0.4, 0.5) is 18.9 Å². The summed E-state index contributed by atoms with van der Waals surface area (Å²) in [5.74, 6) is -2.31. The molecule has 1 N–H and O–H groups in total. The fraction of sp³-hybridized carbons (Fsp3) is 0.333. The van der Waals surface area contributed by atoms with Crippen molar-refractivity contribution in [2.24, 2.45) is 0 Å². The fourth-order valence-corrected chi connectivity index (χ4v) is 4.31. The van der Waals surface area contributed by atoms with Crippen LogP contribution in [-0.2, 0) is 19.9 Å². The Bertz CT molecular complexity index is 1020. The van der Waals surface area contributed by atoms with Gasteiger partial charge in [-0.2, -0.15) is 13.2 Å². The molecule has 3 rings (SSSR count). The lowest BCUT2D eigenvalue weighted by atomic mass is 9.73. The Morgan fingerprint density at radius 2 is 1.75 bits per heavy atom. The molecule has 1 aliphatic heterocycles. The maximum Gasteiger partial charge on any atom is 0.431 e. The van der Waals surface area contributed by atoms with E-state index in [1.807, 2.05) is 6.92 Å². The number of esters is 1. The molecule has 0 aliphatic carbocycles. The van der Waals surface area contributed by atoms with Gasteiger partial charge in [-0.3, -0.25) is 4.79 Å². The Morgan fingerprint density at radius 1 is 1.12 bits per heavy atom. The molecule has 1 heterocycles. The highest BCUT2D eigenvalue weighted by Gasteiger charge is 2.57. The second kappa shape index (κ2) is 9.06. The first kappa shape index (κ1) is 23.4. The monoisotopic (exact) mass is 446 g/mol. The number of carbonyl (C=O) groups excluding carboxylic acids is 2. The lowest BCUT2D eigenvalue weighted by molar-refractivity contribution is -0.139. The summed E-state index contributed by atoms with van der Waals surface area (Å²) in [5, 5.41) is 2.49. The van der Waals surface area contributed by atoms with Crippen molar-refractivity contribution in [3.8, 4) is 0 Å². The number of halogens is 3. The molecule has 32 heavy (non-hydrogen) atoms. The van der Waals surface area contributed by atoms with Gasteiger partial charge in [0.1, 0.15) is 5.70 Å². The molecule has 0 fully saturated rings. The number of hydrogen-bond acceptors (Lipinski definition) is 4. The van der Waals surface area contributed by atoms with Gasteiger partial charge in [-0.1, -0.05) is 55.5 Å². The van der Waals surface area contributed by atoms with Crippen LogP contribution >= 0.6 is 0 Å². The number of nitrogens with one attached hydrogen (secondary N) is 1. The van der Waals surface area contributed by atoms with E-state index in [9.17, 15) is 22.8 Å². The number of hydrogen-bond donors (Lipinski definition) is 1. The molecule has 0 unspecified atom stereocenters. The van der Waals surface area contributed by atoms with Crippen LogP contribution in [0.2, 0.25) is 0 Å². The summed E-state index contributed by atoms with van der Waals surface area (Å²) in [6.45, 7) is 3.25. The van der Waals surface area contributed by atoms with Crippen molar-refractivity contribution in [3.63, 3.8) is 0 Å². The lowest BCUT2D eigenvalue weighted by Crippen LogP contribution is -2.55. The first-order valence-electron chi connectivity index (χ1n) is 10.3. The highest BCUT2D eigenvalue weighted by molar-refractivity contribution is 6.08. The third-order valence-corrected chi connectivity index (χ3v) is 5.65. The van der Waals surface area contributed by atoms with E-state index in [1.165, 1.54) is 18.9 Å². The van der Waals surface area contributed by atoms with Crippen LogP contribution in [0.15, 0.2) is 66.4 Å². The largest absolute Gasteiger partial charge is 0.463 e. The topological polar surface area (TPSA) is 58.6 Å². The number of amides is 1. The van der Waals surface area contributed by atoms with Crippen molar-refractivity contribution in [3.05, 3.63) is 77.5 Å². The molecule has 1 aliphatic rings. The molecule has 2 aromatic rings. The number of fused-ring (bicyclic) bond motifs is 1. The van der Waals surface area contributed by atoms with E-state index in [4.69, 9.17) is 4.74 Å². The molecule has 0 saturated carbocycles. The molecule has 2 atom stereocenters. The molecule has 0 radical (unpaired) electrons. The predicted molar refractivity (Wildman–Crippen MR) is 115 cm³/mol. The van der Waals surface area contributed by atoms with E-state index in [0.717, 1.165) is 0 Å². The number of carbonyl (C=O) groups is 2. The van der Waals surface area contributed by atoms with Gasteiger partial charge in [-0.15, -0.1) is 0 Å². The van der Waals surface area contributed by atoms with Gasteiger partial charge in [0, 0.05) is 24.2 Å². The number of benzene rings is 2. The third-order valence-electron chi connectivity index (χ3n) is 5.65. The average Bonchev–Trinajstić information content (AvgIpc) is 2.97. The molecule has 0 saturated heterocycles. The molecule has 5 nitrogen and oxygen atoms in total. The van der Waals surface area contributed by atoms with E-state index in [-0.39, 0.29) is 6.61 Å². The summed E-state index contributed by atoms with van der Waals surface area (Å²) in [6.07, 6.45) is -4.17. The zero-order valence-corrected chi connectivity index (χ0v) is 18.1. The Hall–Kier alpha value is -3.29. The van der Waals surface area contributed by atoms with Crippen LogP contribution in [0.1, 0.15) is 37.3 Å². The van der Waals surface area contributed by atoms with E-state index in [0.29, 0.717) is 29.3 Å². The van der Waals surface area contributed by atoms with Crippen LogP contribution in [-0.4, -0.2) is 31.7 Å². The molecule has 170 valence electrons. The smallest absolute Gasteiger partial charge is 0.431 e. The van der Waals surface area contributed by atoms with Gasteiger partial charge in [-0.25, -0.2) is 4.79 Å². The van der Waals surface area contributed by atoms with Crippen LogP contribution < -0.4 is 10.2 Å². The van der Waals surface area contributed by atoms with Gasteiger partial charge in [0.25, 0.3) is 5.91 Å². The summed E-state index contributed by atoms with van der Waals surface area (Å²) in [7, 11) is 1.53. The summed E-state index contributed by atoms with van der Waals surface area (Å²) >= 11 is 0. The van der Waals surface area contributed by atoms with E-state index in [2.05, 4.69) is 5.32 Å². The van der Waals surface area contributed by atoms with Gasteiger partial charge < -0.3 is 15.0 Å². The SMILES string of the molecule is CCOC(=O)/C=C(\N[C@]1([C@@H](CC)c2ccccc2)C(=O)N(C)c2ccccc21)C(F)(F)F. The van der Waals surface area contributed by atoms with E-state index in [1.54, 1.807) is 54.6 Å². The van der Waals surface area contributed by atoms with E-state index < -0.39 is 35.2 Å². The van der Waals surface area contributed by atoms with Crippen molar-refractivity contribution in [2.75, 3.05) is 18.6 Å². The number of anilines is 1. The van der Waals surface area contributed by atoms with Crippen molar-refractivity contribution in [1.82, 2.24) is 5.32 Å². The number of ether oxygens (including phenoxy) is 1. The van der Waals surface area contributed by atoms with Crippen LogP contribution in [0, 0.1) is 0 Å². The maximum atomic E-state index is 14.1. The summed E-state index contributed by atoms with van der Waals surface area (Å²) in [6, 6.07) is 15.7. The highest BCUT2D eigenvalue weighted by atomic mass is 19.4. The quantitative estimate of drug-likeness (QED) is 0.497. The molecular weight excluding hydrogens is 421 g/mol. The Morgan fingerprint density at radius 3 is 2.34 bits per heavy atom. The Balaban J connectivity index is 2.27. The summed E-state index contributed by atoms with van der Waals surface area (Å²) in [5.41, 5.74) is -1.46. The minimum absolute atomic E-state index is 0.0717. The molecule has 8 heteroatoms. The first-order valence-corrected chi connectivity index (χ1v) is 10.3. The zero-order chi connectivity index (χ0) is 23.5. The number of likely N-dealkylation sites (N-methyl/N-ethyl adjacent to an activating group) is 1. The number of alkyl halides is 3. The van der Waals surface area contributed by atoms with E-state index >= 15 is 0 Å². The number of allylic oxidation sites excluding steroid dienone is 1. The molecule has 2 aromatic carbocycles. The number of rotatable bonds is 7. The maximum absolute atomic E-state index is 14.1. The van der Waals surface area contributed by atoms with Crippen molar-refractivity contribution >= 4 is 17.6 Å². The van der Waals surface area contributed by atoms with Crippen LogP contribution in [0.5, 0.6) is 0 Å². The zero-order valence-electron chi connectivity index (χ0n) is 18.1. The van der Waals surface area contributed by atoms with Gasteiger partial charge in [0.2, 0.25) is 0 Å². The highest BCUT2D eigenvalue weighted by Crippen LogP contribution is 2.50. The van der Waals surface area contributed by atoms with Crippen LogP contribution in [0.3, 0.4) is 0 Å². The fourth-order valence-electron chi connectivity index (χ4n) is 4.31. The van der Waals surface area contributed by atoms with Gasteiger partial charge >= 0.3 is 12.1 Å². The molecule has 1 amide bonds. The van der Waals surface area contributed by atoms with Gasteiger partial charge in [-0.05, 0) is 25.0 Å². The normalized spacial score (nSPS) is 19.5. The summed E-state index contributed by atoms with van der Waals surface area (Å²) < 4.78 is 46.9. The second-order valence-electron chi connectivity index (χ2n) is 7.49. The standard InChI is InChI=1S/C24H25F3N2O3/c1-4-17(16-11-7-6-8-12-16)23(18-13-9-10-14-19(18)29(3)22(23)31)28-20(24(25,26)27)15-21(30)32-5-2/h6-15,17,28H,4-5H2,1-3H3/b20-15-/t17-,23-/m0/s1. The lowest BCUT2D eigenvalue weighted by Gasteiger charge is -2.39. The average molecular weight is 446 g/mol. The van der Waals surface area contributed by atoms with Crippen molar-refractivity contribution in [1.29, 1.82) is 0 Å².